The summed E-state index contributed by atoms with van der Waals surface area (Å²) in [4.78, 5) is 58.3. The van der Waals surface area contributed by atoms with Crippen LogP contribution in [0, 0.1) is 25.7 Å². The fraction of sp³-hybridized carbons (Fsp3) is 0.548. The fourth-order valence-corrected chi connectivity index (χ4v) is 7.48. The highest BCUT2D eigenvalue weighted by atomic mass is 79.9. The van der Waals surface area contributed by atoms with E-state index in [0.29, 0.717) is 23.7 Å². The maximum Gasteiger partial charge on any atom is 0.313 e. The molecule has 0 radical (unpaired) electrons. The molecule has 1 aromatic carbocycles. The number of ether oxygens (including phenoxy) is 2. The van der Waals surface area contributed by atoms with E-state index in [-0.39, 0.29) is 50.4 Å². The zero-order valence-corrected chi connectivity index (χ0v) is 25.8. The monoisotopic (exact) mass is 643 g/mol. The van der Waals surface area contributed by atoms with E-state index in [0.717, 1.165) is 16.8 Å². The first-order valence-electron chi connectivity index (χ1n) is 14.6. The Bertz CT molecular complexity index is 1310. The Morgan fingerprint density at radius 3 is 2.55 bits per heavy atom. The molecular weight excluding hydrogens is 606 g/mol. The van der Waals surface area contributed by atoms with Crippen molar-refractivity contribution in [2.75, 3.05) is 31.1 Å². The van der Waals surface area contributed by atoms with Gasteiger partial charge in [0, 0.05) is 36.3 Å². The van der Waals surface area contributed by atoms with Gasteiger partial charge in [0.1, 0.15) is 29.8 Å². The molecule has 2 saturated heterocycles. The van der Waals surface area contributed by atoms with E-state index in [1.54, 1.807) is 22.8 Å². The van der Waals surface area contributed by atoms with Gasteiger partial charge in [-0.05, 0) is 57.2 Å². The molecule has 5 bridgehead atoms. The number of carbonyl (C=O) groups is 4. The number of anilines is 1. The van der Waals surface area contributed by atoms with Gasteiger partial charge >= 0.3 is 5.97 Å². The van der Waals surface area contributed by atoms with Crippen LogP contribution in [0.4, 0.5) is 5.69 Å². The molecule has 226 valence electrons. The van der Waals surface area contributed by atoms with Crippen molar-refractivity contribution in [3.05, 3.63) is 52.0 Å². The first-order chi connectivity index (χ1) is 20.1. The highest BCUT2D eigenvalue weighted by Gasteiger charge is 2.74. The van der Waals surface area contributed by atoms with Gasteiger partial charge in [-0.15, -0.1) is 0 Å². The van der Waals surface area contributed by atoms with Gasteiger partial charge < -0.3 is 29.7 Å². The number of carbonyl (C=O) groups excluding carboxylic acids is 4. The number of esters is 1. The number of allylic oxidation sites excluding steroid dienone is 1. The van der Waals surface area contributed by atoms with Crippen molar-refractivity contribution in [3.63, 3.8) is 0 Å². The molecule has 0 unspecified atom stereocenters. The van der Waals surface area contributed by atoms with Crippen LogP contribution in [0.5, 0.6) is 0 Å². The summed E-state index contributed by atoms with van der Waals surface area (Å²) in [5.74, 6) is -3.35. The minimum atomic E-state index is -1.37. The third kappa shape index (κ3) is 5.31. The summed E-state index contributed by atoms with van der Waals surface area (Å²) in [6, 6.07) is 4.77. The summed E-state index contributed by atoms with van der Waals surface area (Å²) in [5, 5.41) is 12.3. The smallest absolute Gasteiger partial charge is 0.313 e. The number of amides is 3. The molecule has 6 atom stereocenters. The second-order valence-corrected chi connectivity index (χ2v) is 12.5. The molecule has 10 nitrogen and oxygen atoms in total. The number of likely N-dealkylation sites (tertiary alicyclic amines) is 1. The average molecular weight is 645 g/mol. The van der Waals surface area contributed by atoms with E-state index >= 15 is 0 Å². The van der Waals surface area contributed by atoms with E-state index in [1.807, 2.05) is 44.2 Å². The number of halogens is 1. The molecule has 0 aliphatic carbocycles. The number of aliphatic hydroxyl groups excluding tert-OH is 1. The van der Waals surface area contributed by atoms with Gasteiger partial charge in [-0.25, -0.2) is 0 Å². The summed E-state index contributed by atoms with van der Waals surface area (Å²) >= 11 is 3.56. The van der Waals surface area contributed by atoms with Gasteiger partial charge in [0.2, 0.25) is 11.8 Å². The Hall–Kier alpha value is -3.02. The molecule has 42 heavy (non-hydrogen) atoms. The lowest BCUT2D eigenvalue weighted by Gasteiger charge is -2.36. The average Bonchev–Trinajstić information content (AvgIpc) is 3.53. The number of rotatable bonds is 5. The maximum absolute atomic E-state index is 14.9. The quantitative estimate of drug-likeness (QED) is 0.287. The summed E-state index contributed by atoms with van der Waals surface area (Å²) in [6.07, 6.45) is 5.81. The van der Waals surface area contributed by atoms with E-state index in [4.69, 9.17) is 9.47 Å². The van der Waals surface area contributed by atoms with Crippen molar-refractivity contribution < 1.29 is 33.8 Å². The number of unbranched alkanes of at least 4 members (excludes halogenated alkanes) is 1. The van der Waals surface area contributed by atoms with Crippen LogP contribution in [0.1, 0.15) is 43.7 Å². The third-order valence-corrected chi connectivity index (χ3v) is 9.29. The normalized spacial score (nSPS) is 32.5. The van der Waals surface area contributed by atoms with Gasteiger partial charge in [-0.2, -0.15) is 0 Å². The molecule has 2 fully saturated rings. The SMILES string of the molecule is Cc1cccc(C)c1N1C/C=C\CCC(=O)NC[C@@H](C)OC(=O)[C@@H]2[C@H]3O[C@@]4(C=C3Br)[C@H](C1=O)N(CCCCO)C(=O)[C@@H]24. The second kappa shape index (κ2) is 12.3. The number of benzene rings is 1. The fourth-order valence-electron chi connectivity index (χ4n) is 6.75. The van der Waals surface area contributed by atoms with Gasteiger partial charge in [0.15, 0.2) is 0 Å². The Morgan fingerprint density at radius 1 is 1.10 bits per heavy atom. The van der Waals surface area contributed by atoms with Crippen molar-refractivity contribution in [2.45, 2.75) is 70.3 Å². The molecule has 0 aromatic heterocycles. The first kappa shape index (κ1) is 30.4. The van der Waals surface area contributed by atoms with E-state index in [2.05, 4.69) is 21.2 Å². The van der Waals surface area contributed by atoms with Crippen molar-refractivity contribution in [1.29, 1.82) is 0 Å². The lowest BCUT2D eigenvalue weighted by atomic mass is 9.74. The van der Waals surface area contributed by atoms with Crippen molar-refractivity contribution in [2.24, 2.45) is 11.8 Å². The summed E-state index contributed by atoms with van der Waals surface area (Å²) < 4.78 is 12.9. The topological polar surface area (TPSA) is 125 Å². The lowest BCUT2D eigenvalue weighted by Crippen LogP contribution is -2.56. The zero-order chi connectivity index (χ0) is 30.2. The Kier molecular flexibility index (Phi) is 8.91. The van der Waals surface area contributed by atoms with E-state index in [9.17, 15) is 24.3 Å². The first-order valence-corrected chi connectivity index (χ1v) is 15.4. The highest BCUT2D eigenvalue weighted by Crippen LogP contribution is 2.59. The van der Waals surface area contributed by atoms with Crippen molar-refractivity contribution in [1.82, 2.24) is 10.2 Å². The standard InChI is InChI=1S/C31H38BrN3O7/c1-18-10-9-11-19(2)25(18)34-13-6-4-5-12-22(37)33-17-20(3)41-30(40)23-24-28(38)35(14-7-8-15-36)27(29(34)39)31(24)16-21(32)26(23)42-31/h4,6,9-11,16,20,23-24,26-27,36H,5,7-8,12-15,17H2,1-3H3,(H,33,37)/b6-4-/t20-,23+,24-,26+,27+,31-/m1/s1. The van der Waals surface area contributed by atoms with Gasteiger partial charge in [0.25, 0.3) is 5.91 Å². The molecule has 4 aliphatic rings. The molecule has 5 rings (SSSR count). The number of aryl methyl sites for hydroxylation is 2. The molecule has 11 heteroatoms. The number of fused-ring (bicyclic) bond motifs is 2. The number of cyclic esters (lactones) is 1. The van der Waals surface area contributed by atoms with E-state index in [1.165, 1.54) is 0 Å². The lowest BCUT2D eigenvalue weighted by molar-refractivity contribution is -0.158. The van der Waals surface area contributed by atoms with Crippen molar-refractivity contribution in [3.8, 4) is 0 Å². The maximum atomic E-state index is 14.9. The van der Waals surface area contributed by atoms with E-state index < -0.39 is 41.7 Å². The number of aliphatic hydroxyl groups is 1. The molecule has 2 N–H and O–H groups in total. The zero-order valence-electron chi connectivity index (χ0n) is 24.2. The van der Waals surface area contributed by atoms with Crippen LogP contribution in [-0.2, 0) is 28.7 Å². The predicted molar refractivity (Wildman–Crippen MR) is 159 cm³/mol. The summed E-state index contributed by atoms with van der Waals surface area (Å²) in [7, 11) is 0. The Balaban J connectivity index is 1.64. The second-order valence-electron chi connectivity index (χ2n) is 11.5. The van der Waals surface area contributed by atoms with Crippen molar-refractivity contribution >= 4 is 45.3 Å². The van der Waals surface area contributed by atoms with Crippen LogP contribution < -0.4 is 10.2 Å². The van der Waals surface area contributed by atoms with Gasteiger partial charge in [0.05, 0.1) is 12.5 Å². The molecule has 1 spiro atoms. The summed E-state index contributed by atoms with van der Waals surface area (Å²) in [6.45, 7) is 6.12. The van der Waals surface area contributed by atoms with Gasteiger partial charge in [-0.1, -0.05) is 46.3 Å². The minimum absolute atomic E-state index is 0.0397. The number of nitrogens with zero attached hydrogens (tertiary/aromatic N) is 2. The van der Waals surface area contributed by atoms with Crippen LogP contribution in [0.3, 0.4) is 0 Å². The number of hydrogen-bond acceptors (Lipinski definition) is 7. The molecule has 0 saturated carbocycles. The number of para-hydroxylation sites is 1. The molecular formula is C31H38BrN3O7. The number of nitrogens with one attached hydrogen (secondary N) is 1. The summed E-state index contributed by atoms with van der Waals surface area (Å²) in [5.41, 5.74) is 1.17. The highest BCUT2D eigenvalue weighted by molar-refractivity contribution is 9.11. The minimum Gasteiger partial charge on any atom is -0.460 e. The third-order valence-electron chi connectivity index (χ3n) is 8.61. The largest absolute Gasteiger partial charge is 0.460 e. The van der Waals surface area contributed by atoms with Crippen LogP contribution in [0.15, 0.2) is 40.9 Å². The molecule has 4 heterocycles. The Labute approximate surface area is 254 Å². The van der Waals surface area contributed by atoms with Crippen LogP contribution in [0.25, 0.3) is 0 Å². The van der Waals surface area contributed by atoms with Crippen LogP contribution >= 0.6 is 15.9 Å². The molecule has 4 aliphatic heterocycles. The van der Waals surface area contributed by atoms with Crippen LogP contribution in [-0.4, -0.2) is 83.8 Å². The van der Waals surface area contributed by atoms with Crippen LogP contribution in [0.2, 0.25) is 0 Å². The van der Waals surface area contributed by atoms with Gasteiger partial charge in [-0.3, -0.25) is 19.2 Å². The predicted octanol–water partition coefficient (Wildman–Crippen LogP) is 2.68. The Morgan fingerprint density at radius 2 is 1.83 bits per heavy atom. The molecule has 1 aromatic rings. The molecule has 3 amide bonds. The number of hydrogen-bond donors (Lipinski definition) is 2.